The summed E-state index contributed by atoms with van der Waals surface area (Å²) in [6.07, 6.45) is 8.34. The minimum atomic E-state index is -0.129. The minimum absolute atomic E-state index is 0.129. The Morgan fingerprint density at radius 1 is 1.00 bits per heavy atom. The lowest BCUT2D eigenvalue weighted by Crippen LogP contribution is -2.47. The molecule has 2 aliphatic rings. The Balaban J connectivity index is 1.31. The van der Waals surface area contributed by atoms with Crippen molar-refractivity contribution in [3.05, 3.63) is 59.1 Å². The first kappa shape index (κ1) is 19.2. The first-order valence-electron chi connectivity index (χ1n) is 11.1. The van der Waals surface area contributed by atoms with Gasteiger partial charge in [0, 0.05) is 48.4 Å². The fraction of sp³-hybridized carbons (Fsp3) is 0.333. The maximum atomic E-state index is 11.8. The van der Waals surface area contributed by atoms with Crippen LogP contribution in [0.15, 0.2) is 53.6 Å². The number of pyridine rings is 1. The summed E-state index contributed by atoms with van der Waals surface area (Å²) in [4.78, 5) is 16.7. The Morgan fingerprint density at radius 2 is 1.81 bits per heavy atom. The largest absolute Gasteiger partial charge is 0.355 e. The summed E-state index contributed by atoms with van der Waals surface area (Å²) < 4.78 is 0. The highest BCUT2D eigenvalue weighted by Crippen LogP contribution is 2.34. The zero-order valence-corrected chi connectivity index (χ0v) is 17.9. The minimum Gasteiger partial charge on any atom is -0.355 e. The highest BCUT2D eigenvalue weighted by molar-refractivity contribution is 6.01. The zero-order valence-electron chi connectivity index (χ0n) is 17.9. The Hall–Kier alpha value is -3.52. The van der Waals surface area contributed by atoms with E-state index in [4.69, 9.17) is 0 Å². The molecule has 3 N–H and O–H groups in total. The standard InChI is InChI=1S/C24H25N7O/c1-31(17-11-15-2-3-16(12-17)27-15)22-7-6-21(28-29-22)19-5-4-18(20-13-26-30-24(19)20)14-8-9-25-23(32)10-14/h4-10,13,15-17,27H,2-3,11-12H2,1H3,(H,25,32)(H,26,30). The van der Waals surface area contributed by atoms with Gasteiger partial charge in [0.1, 0.15) is 0 Å². The van der Waals surface area contributed by atoms with Crippen LogP contribution in [0.2, 0.25) is 0 Å². The number of H-pyrrole nitrogens is 2. The number of piperidine rings is 1. The van der Waals surface area contributed by atoms with Crippen molar-refractivity contribution in [2.45, 2.75) is 43.8 Å². The summed E-state index contributed by atoms with van der Waals surface area (Å²) in [5.41, 5.74) is 4.29. The lowest BCUT2D eigenvalue weighted by Gasteiger charge is -2.36. The van der Waals surface area contributed by atoms with E-state index in [2.05, 4.69) is 48.7 Å². The molecular weight excluding hydrogens is 402 g/mol. The van der Waals surface area contributed by atoms with Crippen molar-refractivity contribution in [1.29, 1.82) is 0 Å². The van der Waals surface area contributed by atoms with Crippen molar-refractivity contribution in [3.63, 3.8) is 0 Å². The molecular formula is C24H25N7O. The van der Waals surface area contributed by atoms with E-state index in [-0.39, 0.29) is 5.56 Å². The van der Waals surface area contributed by atoms with E-state index in [9.17, 15) is 4.79 Å². The van der Waals surface area contributed by atoms with Gasteiger partial charge in [0.2, 0.25) is 5.56 Å². The number of nitrogens with one attached hydrogen (secondary N) is 3. The number of anilines is 1. The van der Waals surface area contributed by atoms with Gasteiger partial charge in [-0.25, -0.2) is 0 Å². The van der Waals surface area contributed by atoms with Crippen LogP contribution < -0.4 is 15.8 Å². The Bertz CT molecular complexity index is 1310. The Kier molecular flexibility index (Phi) is 4.53. The number of aromatic amines is 2. The maximum Gasteiger partial charge on any atom is 0.248 e. The van der Waals surface area contributed by atoms with Crippen molar-refractivity contribution in [2.24, 2.45) is 0 Å². The molecule has 8 heteroatoms. The number of aromatic nitrogens is 5. The van der Waals surface area contributed by atoms with Crippen LogP contribution in [-0.4, -0.2) is 50.6 Å². The van der Waals surface area contributed by atoms with E-state index in [0.717, 1.165) is 51.9 Å². The second kappa shape index (κ2) is 7.56. The third kappa shape index (κ3) is 3.27. The third-order valence-corrected chi connectivity index (χ3v) is 6.99. The van der Waals surface area contributed by atoms with Gasteiger partial charge in [-0.15, -0.1) is 10.2 Å². The molecule has 2 saturated heterocycles. The molecule has 0 radical (unpaired) electrons. The van der Waals surface area contributed by atoms with Crippen molar-refractivity contribution >= 4 is 16.7 Å². The summed E-state index contributed by atoms with van der Waals surface area (Å²) in [7, 11) is 2.13. The molecule has 0 amide bonds. The van der Waals surface area contributed by atoms with Crippen LogP contribution >= 0.6 is 0 Å². The van der Waals surface area contributed by atoms with Gasteiger partial charge < -0.3 is 15.2 Å². The molecule has 3 aromatic heterocycles. The Labute approximate surface area is 185 Å². The summed E-state index contributed by atoms with van der Waals surface area (Å²) >= 11 is 0. The van der Waals surface area contributed by atoms with Gasteiger partial charge in [-0.2, -0.15) is 5.10 Å². The highest BCUT2D eigenvalue weighted by atomic mass is 16.1. The first-order chi connectivity index (χ1) is 15.7. The van der Waals surface area contributed by atoms with Gasteiger partial charge in [-0.05, 0) is 61.1 Å². The van der Waals surface area contributed by atoms with Crippen LogP contribution in [0, 0.1) is 0 Å². The van der Waals surface area contributed by atoms with Crippen molar-refractivity contribution < 1.29 is 0 Å². The number of fused-ring (bicyclic) bond motifs is 3. The van der Waals surface area contributed by atoms with Gasteiger partial charge in [0.15, 0.2) is 5.82 Å². The van der Waals surface area contributed by atoms with Gasteiger partial charge in [0.25, 0.3) is 0 Å². The van der Waals surface area contributed by atoms with Crippen LogP contribution in [-0.2, 0) is 0 Å². The Morgan fingerprint density at radius 3 is 2.56 bits per heavy atom. The number of hydrogen-bond donors (Lipinski definition) is 3. The molecule has 2 unspecified atom stereocenters. The van der Waals surface area contributed by atoms with E-state index < -0.39 is 0 Å². The lowest BCUT2D eigenvalue weighted by atomic mass is 9.98. The third-order valence-electron chi connectivity index (χ3n) is 6.99. The van der Waals surface area contributed by atoms with E-state index >= 15 is 0 Å². The average molecular weight is 428 g/mol. The monoisotopic (exact) mass is 427 g/mol. The van der Waals surface area contributed by atoms with Crippen molar-refractivity contribution in [2.75, 3.05) is 11.9 Å². The van der Waals surface area contributed by atoms with Gasteiger partial charge >= 0.3 is 0 Å². The quantitative estimate of drug-likeness (QED) is 0.463. The number of benzene rings is 1. The summed E-state index contributed by atoms with van der Waals surface area (Å²) in [6.45, 7) is 0. The molecule has 162 valence electrons. The molecule has 1 aromatic carbocycles. The van der Waals surface area contributed by atoms with Crippen molar-refractivity contribution in [3.8, 4) is 22.4 Å². The molecule has 5 heterocycles. The van der Waals surface area contributed by atoms with Crippen LogP contribution in [0.3, 0.4) is 0 Å². The van der Waals surface area contributed by atoms with Gasteiger partial charge in [-0.3, -0.25) is 9.89 Å². The number of hydrogen-bond acceptors (Lipinski definition) is 6. The smallest absolute Gasteiger partial charge is 0.248 e. The molecule has 2 atom stereocenters. The fourth-order valence-corrected chi connectivity index (χ4v) is 5.30. The van der Waals surface area contributed by atoms with Gasteiger partial charge in [-0.1, -0.05) is 6.07 Å². The maximum absolute atomic E-state index is 11.8. The lowest BCUT2D eigenvalue weighted by molar-refractivity contribution is 0.353. The number of nitrogens with zero attached hydrogens (tertiary/aromatic N) is 4. The molecule has 0 spiro atoms. The van der Waals surface area contributed by atoms with E-state index in [1.807, 2.05) is 24.3 Å². The molecule has 2 bridgehead atoms. The molecule has 0 saturated carbocycles. The fourth-order valence-electron chi connectivity index (χ4n) is 5.30. The first-order valence-corrected chi connectivity index (χ1v) is 11.1. The highest BCUT2D eigenvalue weighted by Gasteiger charge is 2.35. The summed E-state index contributed by atoms with van der Waals surface area (Å²) in [6, 6.07) is 13.4. The van der Waals surface area contributed by atoms with E-state index in [1.54, 1.807) is 18.5 Å². The molecule has 2 aliphatic heterocycles. The second-order valence-corrected chi connectivity index (χ2v) is 8.91. The predicted molar refractivity (Wildman–Crippen MR) is 125 cm³/mol. The zero-order chi connectivity index (χ0) is 21.7. The predicted octanol–water partition coefficient (Wildman–Crippen LogP) is 3.09. The van der Waals surface area contributed by atoms with E-state index in [0.29, 0.717) is 18.1 Å². The molecule has 32 heavy (non-hydrogen) atoms. The molecule has 2 fully saturated rings. The SMILES string of the molecule is CN(c1ccc(-c2ccc(-c3cc[nH]c(=O)c3)c3cn[nH]c23)nn1)C1CC2CCC(C1)N2. The van der Waals surface area contributed by atoms with Crippen LogP contribution in [0.25, 0.3) is 33.3 Å². The van der Waals surface area contributed by atoms with Gasteiger partial charge in [0.05, 0.1) is 17.4 Å². The topological polar surface area (TPSA) is 103 Å². The van der Waals surface area contributed by atoms with Crippen LogP contribution in [0.5, 0.6) is 0 Å². The average Bonchev–Trinajstić information content (AvgIpc) is 3.44. The molecule has 8 nitrogen and oxygen atoms in total. The summed E-state index contributed by atoms with van der Waals surface area (Å²) in [5, 5.41) is 21.1. The van der Waals surface area contributed by atoms with Crippen molar-refractivity contribution in [1.82, 2.24) is 30.7 Å². The summed E-state index contributed by atoms with van der Waals surface area (Å²) in [5.74, 6) is 0.904. The van der Waals surface area contributed by atoms with Crippen LogP contribution in [0.1, 0.15) is 25.7 Å². The second-order valence-electron chi connectivity index (χ2n) is 8.91. The molecule has 0 aliphatic carbocycles. The molecule has 4 aromatic rings. The normalized spacial score (nSPS) is 22.3. The molecule has 6 rings (SSSR count). The van der Waals surface area contributed by atoms with Crippen LogP contribution in [0.4, 0.5) is 5.82 Å². The van der Waals surface area contributed by atoms with E-state index in [1.165, 1.54) is 12.8 Å². The number of rotatable bonds is 4.